The van der Waals surface area contributed by atoms with Crippen molar-refractivity contribution < 1.29 is 9.53 Å². The number of benzene rings is 1. The second kappa shape index (κ2) is 6.27. The average molecular weight is 276 g/mol. The highest BCUT2D eigenvalue weighted by atomic mass is 16.5. The Labute approximate surface area is 120 Å². The second-order valence-corrected chi connectivity index (χ2v) is 5.57. The van der Waals surface area contributed by atoms with Gasteiger partial charge in [0.25, 0.3) is 0 Å². The minimum Gasteiger partial charge on any atom is -0.496 e. The Kier molecular flexibility index (Phi) is 4.65. The standard InChI is InChI=1S/C16H24N2O2/c1-11(12-7-4-5-10-15(12)20-3)18(2)16(19)13-8-6-9-14(13)17/h4-5,7,10-11,13-14H,6,8-9,17H2,1-3H3. The Balaban J connectivity index is 2.15. The van der Waals surface area contributed by atoms with Crippen LogP contribution in [0.25, 0.3) is 0 Å². The molecule has 3 unspecified atom stereocenters. The van der Waals surface area contributed by atoms with Gasteiger partial charge in [0.15, 0.2) is 0 Å². The van der Waals surface area contributed by atoms with Crippen LogP contribution in [0, 0.1) is 5.92 Å². The van der Waals surface area contributed by atoms with Gasteiger partial charge in [-0.1, -0.05) is 24.6 Å². The highest BCUT2D eigenvalue weighted by Crippen LogP contribution is 2.32. The van der Waals surface area contributed by atoms with Crippen LogP contribution in [0.4, 0.5) is 0 Å². The van der Waals surface area contributed by atoms with Crippen molar-refractivity contribution in [3.8, 4) is 5.75 Å². The summed E-state index contributed by atoms with van der Waals surface area (Å²) in [6.45, 7) is 2.02. The first-order valence-corrected chi connectivity index (χ1v) is 7.21. The van der Waals surface area contributed by atoms with Crippen LogP contribution in [0.2, 0.25) is 0 Å². The lowest BCUT2D eigenvalue weighted by Crippen LogP contribution is -2.40. The number of methoxy groups -OCH3 is 1. The van der Waals surface area contributed by atoms with Crippen molar-refractivity contribution in [2.45, 2.75) is 38.3 Å². The molecular formula is C16H24N2O2. The van der Waals surface area contributed by atoms with Gasteiger partial charge in [0, 0.05) is 18.7 Å². The first-order valence-electron chi connectivity index (χ1n) is 7.21. The van der Waals surface area contributed by atoms with Crippen LogP contribution in [0.1, 0.15) is 37.8 Å². The molecule has 0 heterocycles. The molecule has 0 bridgehead atoms. The molecule has 1 aromatic carbocycles. The van der Waals surface area contributed by atoms with E-state index in [1.807, 2.05) is 38.2 Å². The SMILES string of the molecule is COc1ccccc1C(C)N(C)C(=O)C1CCCC1N. The predicted octanol–water partition coefficient (Wildman–Crippen LogP) is 2.34. The Morgan fingerprint density at radius 3 is 2.70 bits per heavy atom. The maximum Gasteiger partial charge on any atom is 0.227 e. The molecule has 20 heavy (non-hydrogen) atoms. The molecule has 1 fully saturated rings. The lowest BCUT2D eigenvalue weighted by Gasteiger charge is -2.30. The van der Waals surface area contributed by atoms with Crippen LogP contribution >= 0.6 is 0 Å². The summed E-state index contributed by atoms with van der Waals surface area (Å²) in [4.78, 5) is 14.4. The molecule has 0 aliphatic heterocycles. The maximum atomic E-state index is 12.6. The average Bonchev–Trinajstić information content (AvgIpc) is 2.91. The van der Waals surface area contributed by atoms with Crippen molar-refractivity contribution >= 4 is 5.91 Å². The van der Waals surface area contributed by atoms with E-state index in [9.17, 15) is 4.79 Å². The van der Waals surface area contributed by atoms with Gasteiger partial charge < -0.3 is 15.4 Å². The third-order valence-corrected chi connectivity index (χ3v) is 4.40. The summed E-state index contributed by atoms with van der Waals surface area (Å²) >= 11 is 0. The molecule has 3 atom stereocenters. The van der Waals surface area contributed by atoms with Gasteiger partial charge in [0.1, 0.15) is 5.75 Å². The first-order chi connectivity index (χ1) is 9.56. The van der Waals surface area contributed by atoms with Crippen molar-refractivity contribution in [3.05, 3.63) is 29.8 Å². The number of ether oxygens (including phenoxy) is 1. The predicted molar refractivity (Wildman–Crippen MR) is 79.5 cm³/mol. The normalized spacial score (nSPS) is 23.4. The fraction of sp³-hybridized carbons (Fsp3) is 0.562. The summed E-state index contributed by atoms with van der Waals surface area (Å²) < 4.78 is 5.38. The van der Waals surface area contributed by atoms with Crippen LogP contribution in [-0.4, -0.2) is 31.0 Å². The van der Waals surface area contributed by atoms with Gasteiger partial charge in [0.05, 0.1) is 19.1 Å². The quantitative estimate of drug-likeness (QED) is 0.918. The van der Waals surface area contributed by atoms with E-state index in [1.165, 1.54) is 0 Å². The monoisotopic (exact) mass is 276 g/mol. The summed E-state index contributed by atoms with van der Waals surface area (Å²) in [5, 5.41) is 0. The van der Waals surface area contributed by atoms with Crippen molar-refractivity contribution in [2.75, 3.05) is 14.2 Å². The molecule has 1 aliphatic carbocycles. The molecule has 1 saturated carbocycles. The van der Waals surface area contributed by atoms with E-state index in [2.05, 4.69) is 0 Å². The molecular weight excluding hydrogens is 252 g/mol. The number of para-hydroxylation sites is 1. The number of rotatable bonds is 4. The highest BCUT2D eigenvalue weighted by molar-refractivity contribution is 5.80. The van der Waals surface area contributed by atoms with E-state index in [1.54, 1.807) is 12.0 Å². The van der Waals surface area contributed by atoms with E-state index in [-0.39, 0.29) is 23.9 Å². The Morgan fingerprint density at radius 1 is 1.40 bits per heavy atom. The molecule has 1 aromatic rings. The third kappa shape index (κ3) is 2.80. The molecule has 4 nitrogen and oxygen atoms in total. The molecule has 1 amide bonds. The summed E-state index contributed by atoms with van der Waals surface area (Å²) in [5.74, 6) is 0.931. The summed E-state index contributed by atoms with van der Waals surface area (Å²) in [6, 6.07) is 7.81. The molecule has 2 rings (SSSR count). The lowest BCUT2D eigenvalue weighted by molar-refractivity contribution is -0.136. The van der Waals surface area contributed by atoms with Gasteiger partial charge >= 0.3 is 0 Å². The number of amides is 1. The maximum absolute atomic E-state index is 12.6. The molecule has 0 radical (unpaired) electrons. The number of nitrogens with zero attached hydrogens (tertiary/aromatic N) is 1. The van der Waals surface area contributed by atoms with Crippen LogP contribution in [0.3, 0.4) is 0 Å². The van der Waals surface area contributed by atoms with Crippen molar-refractivity contribution in [1.29, 1.82) is 0 Å². The van der Waals surface area contributed by atoms with Crippen LogP contribution in [0.15, 0.2) is 24.3 Å². The number of nitrogens with two attached hydrogens (primary N) is 1. The zero-order valence-corrected chi connectivity index (χ0v) is 12.5. The minimum absolute atomic E-state index is 0.00909. The number of hydrogen-bond acceptors (Lipinski definition) is 3. The zero-order chi connectivity index (χ0) is 14.7. The third-order valence-electron chi connectivity index (χ3n) is 4.40. The van der Waals surface area contributed by atoms with Crippen molar-refractivity contribution in [1.82, 2.24) is 4.90 Å². The van der Waals surface area contributed by atoms with Crippen LogP contribution in [-0.2, 0) is 4.79 Å². The van der Waals surface area contributed by atoms with E-state index in [0.717, 1.165) is 30.6 Å². The van der Waals surface area contributed by atoms with Crippen molar-refractivity contribution in [2.24, 2.45) is 11.7 Å². The lowest BCUT2D eigenvalue weighted by atomic mass is 10.00. The van der Waals surface area contributed by atoms with E-state index >= 15 is 0 Å². The van der Waals surface area contributed by atoms with E-state index < -0.39 is 0 Å². The van der Waals surface area contributed by atoms with Crippen LogP contribution < -0.4 is 10.5 Å². The minimum atomic E-state index is -0.0304. The van der Waals surface area contributed by atoms with Gasteiger partial charge in [-0.3, -0.25) is 4.79 Å². The first kappa shape index (κ1) is 14.9. The number of carbonyl (C=O) groups excluding carboxylic acids is 1. The topological polar surface area (TPSA) is 55.6 Å². The Bertz CT molecular complexity index is 475. The second-order valence-electron chi connectivity index (χ2n) is 5.57. The van der Waals surface area contributed by atoms with Gasteiger partial charge in [-0.15, -0.1) is 0 Å². The fourth-order valence-electron chi connectivity index (χ4n) is 2.97. The van der Waals surface area contributed by atoms with E-state index in [0.29, 0.717) is 0 Å². The molecule has 2 N–H and O–H groups in total. The molecule has 0 spiro atoms. The summed E-state index contributed by atoms with van der Waals surface area (Å²) in [6.07, 6.45) is 2.91. The Hall–Kier alpha value is -1.55. The van der Waals surface area contributed by atoms with Gasteiger partial charge in [0.2, 0.25) is 5.91 Å². The fourth-order valence-corrected chi connectivity index (χ4v) is 2.97. The Morgan fingerprint density at radius 2 is 2.10 bits per heavy atom. The molecule has 0 saturated heterocycles. The summed E-state index contributed by atoms with van der Waals surface area (Å²) in [7, 11) is 3.50. The smallest absolute Gasteiger partial charge is 0.227 e. The highest BCUT2D eigenvalue weighted by Gasteiger charge is 2.34. The summed E-state index contributed by atoms with van der Waals surface area (Å²) in [5.41, 5.74) is 7.07. The van der Waals surface area contributed by atoms with E-state index in [4.69, 9.17) is 10.5 Å². The molecule has 1 aliphatic rings. The number of carbonyl (C=O) groups is 1. The van der Waals surface area contributed by atoms with Gasteiger partial charge in [-0.2, -0.15) is 0 Å². The van der Waals surface area contributed by atoms with Crippen molar-refractivity contribution in [3.63, 3.8) is 0 Å². The largest absolute Gasteiger partial charge is 0.496 e. The molecule has 110 valence electrons. The van der Waals surface area contributed by atoms with Crippen LogP contribution in [0.5, 0.6) is 5.75 Å². The zero-order valence-electron chi connectivity index (χ0n) is 12.5. The van der Waals surface area contributed by atoms with Gasteiger partial charge in [-0.05, 0) is 25.8 Å². The molecule has 0 aromatic heterocycles. The molecule has 4 heteroatoms. The van der Waals surface area contributed by atoms with Gasteiger partial charge in [-0.25, -0.2) is 0 Å². The number of hydrogen-bond donors (Lipinski definition) is 1.